The van der Waals surface area contributed by atoms with Crippen molar-refractivity contribution in [3.05, 3.63) is 34.4 Å². The minimum Gasteiger partial charge on any atom is -0.225 e. The molecule has 0 saturated carbocycles. The van der Waals surface area contributed by atoms with Gasteiger partial charge in [0.05, 0.1) is 5.02 Å². The van der Waals surface area contributed by atoms with E-state index in [0.717, 1.165) is 12.1 Å². The van der Waals surface area contributed by atoms with Crippen LogP contribution in [0.15, 0.2) is 12.1 Å². The molecule has 66 valence electrons. The highest BCUT2D eigenvalue weighted by Crippen LogP contribution is 2.28. The number of alkyl halides is 2. The Labute approximate surface area is 76.9 Å². The monoisotopic (exact) mass is 214 g/mol. The summed E-state index contributed by atoms with van der Waals surface area (Å²) in [5.41, 5.74) is -2.60. The van der Waals surface area contributed by atoms with Gasteiger partial charge in [-0.25, -0.2) is 13.2 Å². The molecule has 0 aliphatic heterocycles. The second-order valence-electron chi connectivity index (χ2n) is 2.07. The van der Waals surface area contributed by atoms with Gasteiger partial charge in [0.15, 0.2) is 11.6 Å². The Morgan fingerprint density at radius 1 is 1.17 bits per heavy atom. The number of hydrogen-bond donors (Lipinski definition) is 0. The summed E-state index contributed by atoms with van der Waals surface area (Å²) < 4.78 is 37.7. The maximum atomic E-state index is 12.7. The van der Waals surface area contributed by atoms with E-state index in [0.29, 0.717) is 0 Å². The zero-order valence-corrected chi connectivity index (χ0v) is 7.13. The van der Waals surface area contributed by atoms with Crippen LogP contribution < -0.4 is 0 Å². The first-order chi connectivity index (χ1) is 5.54. The molecular weight excluding hydrogens is 212 g/mol. The van der Waals surface area contributed by atoms with Crippen LogP contribution in [0.3, 0.4) is 0 Å². The first-order valence-electron chi connectivity index (χ1n) is 2.95. The molecule has 0 heterocycles. The largest absolute Gasteiger partial charge is 0.225 e. The summed E-state index contributed by atoms with van der Waals surface area (Å²) in [7, 11) is 0. The minimum atomic E-state index is -2.06. The number of rotatable bonds is 1. The SMILES string of the molecule is Fc1c(Cl)ccc(C(F)Cl)c1F. The van der Waals surface area contributed by atoms with E-state index in [-0.39, 0.29) is 0 Å². The molecule has 1 aromatic rings. The third-order valence-corrected chi connectivity index (χ3v) is 1.83. The van der Waals surface area contributed by atoms with Gasteiger partial charge in [-0.2, -0.15) is 0 Å². The highest BCUT2D eigenvalue weighted by molar-refractivity contribution is 6.30. The van der Waals surface area contributed by atoms with E-state index < -0.39 is 27.9 Å². The Hall–Kier alpha value is -0.410. The van der Waals surface area contributed by atoms with Crippen LogP contribution in [0.1, 0.15) is 11.2 Å². The summed E-state index contributed by atoms with van der Waals surface area (Å²) in [5.74, 6) is -2.62. The quantitative estimate of drug-likeness (QED) is 0.493. The van der Waals surface area contributed by atoms with Crippen molar-refractivity contribution in [3.8, 4) is 0 Å². The van der Waals surface area contributed by atoms with Gasteiger partial charge in [0, 0.05) is 5.56 Å². The second kappa shape index (κ2) is 3.54. The number of benzene rings is 1. The summed E-state index contributed by atoms with van der Waals surface area (Å²) in [6.45, 7) is 0. The molecule has 12 heavy (non-hydrogen) atoms. The van der Waals surface area contributed by atoms with Gasteiger partial charge >= 0.3 is 0 Å². The summed E-state index contributed by atoms with van der Waals surface area (Å²) in [6, 6.07) is 2.04. The molecule has 0 aliphatic rings. The maximum Gasteiger partial charge on any atom is 0.201 e. The molecule has 5 heteroatoms. The second-order valence-corrected chi connectivity index (χ2v) is 2.86. The van der Waals surface area contributed by atoms with E-state index in [1.165, 1.54) is 0 Å². The Morgan fingerprint density at radius 2 is 1.75 bits per heavy atom. The number of halogens is 5. The molecular formula is C7H3Cl2F3. The molecule has 0 N–H and O–H groups in total. The zero-order valence-electron chi connectivity index (χ0n) is 5.62. The van der Waals surface area contributed by atoms with Gasteiger partial charge in [0.1, 0.15) is 0 Å². The van der Waals surface area contributed by atoms with Crippen molar-refractivity contribution < 1.29 is 13.2 Å². The zero-order chi connectivity index (χ0) is 9.30. The molecule has 0 aromatic heterocycles. The van der Waals surface area contributed by atoms with Crippen LogP contribution in [0.5, 0.6) is 0 Å². The Balaban J connectivity index is 3.27. The van der Waals surface area contributed by atoms with Crippen LogP contribution in [-0.2, 0) is 0 Å². The van der Waals surface area contributed by atoms with Crippen LogP contribution in [0.2, 0.25) is 5.02 Å². The lowest BCUT2D eigenvalue weighted by Crippen LogP contribution is -1.94. The third kappa shape index (κ3) is 1.67. The smallest absolute Gasteiger partial charge is 0.201 e. The van der Waals surface area contributed by atoms with Gasteiger partial charge in [0.2, 0.25) is 5.63 Å². The molecule has 0 spiro atoms. The molecule has 1 unspecified atom stereocenters. The Kier molecular flexibility index (Phi) is 2.85. The number of hydrogen-bond acceptors (Lipinski definition) is 0. The van der Waals surface area contributed by atoms with Crippen LogP contribution in [0, 0.1) is 11.6 Å². The topological polar surface area (TPSA) is 0 Å². The van der Waals surface area contributed by atoms with E-state index in [2.05, 4.69) is 0 Å². The molecule has 0 amide bonds. The molecule has 1 atom stereocenters. The van der Waals surface area contributed by atoms with Gasteiger partial charge in [-0.05, 0) is 6.07 Å². The molecule has 0 saturated heterocycles. The standard InChI is InChI=1S/C7H3Cl2F3/c8-4-2-1-3(7(9)12)5(10)6(4)11/h1-2,7H. The molecule has 0 radical (unpaired) electrons. The van der Waals surface area contributed by atoms with Gasteiger partial charge in [-0.3, -0.25) is 0 Å². The van der Waals surface area contributed by atoms with Crippen LogP contribution in [0.4, 0.5) is 13.2 Å². The van der Waals surface area contributed by atoms with Gasteiger partial charge < -0.3 is 0 Å². The molecule has 0 nitrogen and oxygen atoms in total. The van der Waals surface area contributed by atoms with Crippen molar-refractivity contribution in [1.29, 1.82) is 0 Å². The van der Waals surface area contributed by atoms with Crippen molar-refractivity contribution in [2.75, 3.05) is 0 Å². The molecule has 0 bridgehead atoms. The van der Waals surface area contributed by atoms with E-state index in [9.17, 15) is 13.2 Å². The van der Waals surface area contributed by atoms with Crippen molar-refractivity contribution in [2.45, 2.75) is 5.63 Å². The first-order valence-corrected chi connectivity index (χ1v) is 3.77. The summed E-state index contributed by atoms with van der Waals surface area (Å²) in [4.78, 5) is 0. The lowest BCUT2D eigenvalue weighted by atomic mass is 10.2. The Bertz CT molecular complexity index is 299. The van der Waals surface area contributed by atoms with Crippen molar-refractivity contribution >= 4 is 23.2 Å². The van der Waals surface area contributed by atoms with Crippen molar-refractivity contribution in [2.24, 2.45) is 0 Å². The molecule has 1 aromatic carbocycles. The summed E-state index contributed by atoms with van der Waals surface area (Å²) in [6.07, 6.45) is 0. The van der Waals surface area contributed by atoms with Crippen molar-refractivity contribution in [1.82, 2.24) is 0 Å². The fourth-order valence-corrected chi connectivity index (χ4v) is 1.02. The Morgan fingerprint density at radius 3 is 2.25 bits per heavy atom. The average Bonchev–Trinajstić information content (AvgIpc) is 2.00. The fourth-order valence-electron chi connectivity index (χ4n) is 0.709. The van der Waals surface area contributed by atoms with E-state index in [4.69, 9.17) is 23.2 Å². The molecule has 1 rings (SSSR count). The van der Waals surface area contributed by atoms with Gasteiger partial charge in [-0.1, -0.05) is 29.3 Å². The van der Waals surface area contributed by atoms with Gasteiger partial charge in [0.25, 0.3) is 0 Å². The predicted molar refractivity (Wildman–Crippen MR) is 41.1 cm³/mol. The van der Waals surface area contributed by atoms with Crippen molar-refractivity contribution in [3.63, 3.8) is 0 Å². The van der Waals surface area contributed by atoms with E-state index in [1.54, 1.807) is 0 Å². The van der Waals surface area contributed by atoms with Crippen LogP contribution in [-0.4, -0.2) is 0 Å². The summed E-state index contributed by atoms with van der Waals surface area (Å²) >= 11 is 10.1. The highest BCUT2D eigenvalue weighted by Gasteiger charge is 2.17. The third-order valence-electron chi connectivity index (χ3n) is 1.30. The lowest BCUT2D eigenvalue weighted by Gasteiger charge is -2.03. The predicted octanol–water partition coefficient (Wildman–Crippen LogP) is 3.83. The van der Waals surface area contributed by atoms with Crippen LogP contribution in [0.25, 0.3) is 0 Å². The summed E-state index contributed by atoms with van der Waals surface area (Å²) in [5, 5.41) is -0.395. The minimum absolute atomic E-state index is 0.395. The van der Waals surface area contributed by atoms with Crippen LogP contribution >= 0.6 is 23.2 Å². The lowest BCUT2D eigenvalue weighted by molar-refractivity contribution is 0.424. The molecule has 0 fully saturated rings. The fraction of sp³-hybridized carbons (Fsp3) is 0.143. The maximum absolute atomic E-state index is 12.7. The first kappa shape index (κ1) is 9.68. The normalized spacial score (nSPS) is 13.1. The highest BCUT2D eigenvalue weighted by atomic mass is 35.5. The van der Waals surface area contributed by atoms with E-state index >= 15 is 0 Å². The van der Waals surface area contributed by atoms with Gasteiger partial charge in [-0.15, -0.1) is 0 Å². The van der Waals surface area contributed by atoms with E-state index in [1.807, 2.05) is 0 Å². The molecule has 0 aliphatic carbocycles. The average molecular weight is 215 g/mol.